The van der Waals surface area contributed by atoms with Gasteiger partial charge in [-0.1, -0.05) is 32.1 Å². The van der Waals surface area contributed by atoms with Crippen molar-refractivity contribution in [2.75, 3.05) is 6.54 Å². The van der Waals surface area contributed by atoms with E-state index < -0.39 is 0 Å². The summed E-state index contributed by atoms with van der Waals surface area (Å²) >= 11 is 0. The zero-order valence-corrected chi connectivity index (χ0v) is 7.26. The van der Waals surface area contributed by atoms with E-state index in [1.807, 2.05) is 0 Å². The largest absolute Gasteiger partial charge is 0.329 e. The van der Waals surface area contributed by atoms with Crippen LogP contribution in [0.1, 0.15) is 38.5 Å². The third-order valence-corrected chi connectivity index (χ3v) is 2.66. The van der Waals surface area contributed by atoms with E-state index in [1.54, 1.807) is 0 Å². The Morgan fingerprint density at radius 2 is 1.82 bits per heavy atom. The summed E-state index contributed by atoms with van der Waals surface area (Å²) in [5.74, 6) is 0.877. The molecule has 0 amide bonds. The van der Waals surface area contributed by atoms with Gasteiger partial charge in [-0.2, -0.15) is 0 Å². The summed E-state index contributed by atoms with van der Waals surface area (Å²) in [5, 5.41) is 0. The van der Waals surface area contributed by atoms with Crippen LogP contribution in [-0.4, -0.2) is 12.6 Å². The van der Waals surface area contributed by atoms with E-state index in [-0.39, 0.29) is 6.04 Å². The molecule has 0 radical (unpaired) electrons. The highest BCUT2D eigenvalue weighted by Crippen LogP contribution is 2.26. The summed E-state index contributed by atoms with van der Waals surface area (Å²) in [4.78, 5) is 0. The van der Waals surface area contributed by atoms with Gasteiger partial charge in [-0.25, -0.2) is 0 Å². The van der Waals surface area contributed by atoms with Crippen molar-refractivity contribution in [3.05, 3.63) is 0 Å². The van der Waals surface area contributed by atoms with Gasteiger partial charge in [0.15, 0.2) is 0 Å². The van der Waals surface area contributed by atoms with Crippen LogP contribution in [0.2, 0.25) is 0 Å². The summed E-state index contributed by atoms with van der Waals surface area (Å²) in [6, 6.07) is 0.248. The molecule has 0 heterocycles. The van der Waals surface area contributed by atoms with Gasteiger partial charge in [0.2, 0.25) is 0 Å². The van der Waals surface area contributed by atoms with E-state index in [0.29, 0.717) is 6.54 Å². The topological polar surface area (TPSA) is 52.0 Å². The van der Waals surface area contributed by atoms with Crippen LogP contribution >= 0.6 is 0 Å². The lowest BCUT2D eigenvalue weighted by atomic mass is 9.85. The summed E-state index contributed by atoms with van der Waals surface area (Å²) in [5.41, 5.74) is 11.2. The molecule has 1 fully saturated rings. The molecule has 1 atom stereocenters. The Hall–Kier alpha value is -0.0800. The molecule has 0 unspecified atom stereocenters. The third kappa shape index (κ3) is 3.21. The lowest BCUT2D eigenvalue weighted by Gasteiger charge is -2.23. The molecule has 0 aromatic carbocycles. The molecule has 0 aliphatic heterocycles. The van der Waals surface area contributed by atoms with Crippen molar-refractivity contribution in [3.8, 4) is 0 Å². The predicted octanol–water partition coefficient (Wildman–Crippen LogP) is 1.24. The zero-order valence-electron chi connectivity index (χ0n) is 7.26. The maximum absolute atomic E-state index is 5.78. The van der Waals surface area contributed by atoms with Gasteiger partial charge in [-0.3, -0.25) is 0 Å². The lowest BCUT2D eigenvalue weighted by molar-refractivity contribution is 0.319. The van der Waals surface area contributed by atoms with Crippen LogP contribution in [0.5, 0.6) is 0 Å². The SMILES string of the molecule is NC[C@H](N)CC1CCCCC1. The van der Waals surface area contributed by atoms with E-state index in [2.05, 4.69) is 0 Å². The Morgan fingerprint density at radius 1 is 1.18 bits per heavy atom. The van der Waals surface area contributed by atoms with E-state index in [4.69, 9.17) is 11.5 Å². The molecule has 0 aromatic rings. The maximum atomic E-state index is 5.78. The van der Waals surface area contributed by atoms with Crippen molar-refractivity contribution >= 4 is 0 Å². The summed E-state index contributed by atoms with van der Waals surface area (Å²) in [7, 11) is 0. The minimum absolute atomic E-state index is 0.248. The second kappa shape index (κ2) is 4.73. The quantitative estimate of drug-likeness (QED) is 0.646. The molecule has 1 saturated carbocycles. The fraction of sp³-hybridized carbons (Fsp3) is 1.00. The Kier molecular flexibility index (Phi) is 3.87. The molecule has 1 aliphatic rings. The maximum Gasteiger partial charge on any atom is 0.0165 e. The van der Waals surface area contributed by atoms with Crippen molar-refractivity contribution in [3.63, 3.8) is 0 Å². The van der Waals surface area contributed by atoms with E-state index in [0.717, 1.165) is 12.3 Å². The van der Waals surface area contributed by atoms with Crippen molar-refractivity contribution in [2.45, 2.75) is 44.6 Å². The Bertz CT molecular complexity index is 97.7. The van der Waals surface area contributed by atoms with Gasteiger partial charge < -0.3 is 11.5 Å². The molecule has 11 heavy (non-hydrogen) atoms. The number of nitrogens with two attached hydrogens (primary N) is 2. The summed E-state index contributed by atoms with van der Waals surface area (Å²) in [6.45, 7) is 0.649. The van der Waals surface area contributed by atoms with Crippen molar-refractivity contribution in [1.29, 1.82) is 0 Å². The average Bonchev–Trinajstić information content (AvgIpc) is 2.06. The van der Waals surface area contributed by atoms with Crippen molar-refractivity contribution < 1.29 is 0 Å². The number of rotatable bonds is 3. The van der Waals surface area contributed by atoms with Gasteiger partial charge >= 0.3 is 0 Å². The van der Waals surface area contributed by atoms with Crippen molar-refractivity contribution in [1.82, 2.24) is 0 Å². The lowest BCUT2D eigenvalue weighted by Crippen LogP contribution is -2.32. The molecule has 66 valence electrons. The van der Waals surface area contributed by atoms with Gasteiger partial charge in [0, 0.05) is 12.6 Å². The average molecular weight is 156 g/mol. The first-order valence-electron chi connectivity index (χ1n) is 4.78. The van der Waals surface area contributed by atoms with E-state index in [9.17, 15) is 0 Å². The standard InChI is InChI=1S/C9H20N2/c10-7-9(11)6-8-4-2-1-3-5-8/h8-9H,1-7,10-11H2/t9-/m1/s1. The van der Waals surface area contributed by atoms with Crippen molar-refractivity contribution in [2.24, 2.45) is 17.4 Å². The minimum Gasteiger partial charge on any atom is -0.329 e. The molecule has 2 heteroatoms. The molecule has 1 rings (SSSR count). The number of hydrogen-bond donors (Lipinski definition) is 2. The van der Waals surface area contributed by atoms with Gasteiger partial charge in [-0.15, -0.1) is 0 Å². The van der Waals surface area contributed by atoms with Gasteiger partial charge in [0.1, 0.15) is 0 Å². The van der Waals surface area contributed by atoms with E-state index >= 15 is 0 Å². The summed E-state index contributed by atoms with van der Waals surface area (Å²) < 4.78 is 0. The summed E-state index contributed by atoms with van der Waals surface area (Å²) in [6.07, 6.45) is 8.15. The normalized spacial score (nSPS) is 23.5. The van der Waals surface area contributed by atoms with Crippen LogP contribution in [0.3, 0.4) is 0 Å². The van der Waals surface area contributed by atoms with Gasteiger partial charge in [-0.05, 0) is 12.3 Å². The molecule has 0 spiro atoms. The van der Waals surface area contributed by atoms with E-state index in [1.165, 1.54) is 32.1 Å². The smallest absolute Gasteiger partial charge is 0.0165 e. The molecule has 0 bridgehead atoms. The van der Waals surface area contributed by atoms with Crippen LogP contribution in [0.4, 0.5) is 0 Å². The third-order valence-electron chi connectivity index (χ3n) is 2.66. The number of hydrogen-bond acceptors (Lipinski definition) is 2. The molecule has 0 saturated heterocycles. The fourth-order valence-corrected chi connectivity index (χ4v) is 1.95. The second-order valence-corrected chi connectivity index (χ2v) is 3.74. The first-order valence-corrected chi connectivity index (χ1v) is 4.78. The molecular weight excluding hydrogens is 136 g/mol. The second-order valence-electron chi connectivity index (χ2n) is 3.74. The Balaban J connectivity index is 2.13. The molecule has 0 aromatic heterocycles. The van der Waals surface area contributed by atoms with Crippen LogP contribution < -0.4 is 11.5 Å². The molecule has 4 N–H and O–H groups in total. The monoisotopic (exact) mass is 156 g/mol. The predicted molar refractivity (Wildman–Crippen MR) is 48.2 cm³/mol. The highest BCUT2D eigenvalue weighted by molar-refractivity contribution is 4.72. The highest BCUT2D eigenvalue weighted by atomic mass is 14.7. The van der Waals surface area contributed by atoms with Gasteiger partial charge in [0.05, 0.1) is 0 Å². The van der Waals surface area contributed by atoms with Crippen LogP contribution in [0, 0.1) is 5.92 Å². The van der Waals surface area contributed by atoms with Crippen LogP contribution in [-0.2, 0) is 0 Å². The molecule has 1 aliphatic carbocycles. The minimum atomic E-state index is 0.248. The first kappa shape index (κ1) is 9.01. The molecular formula is C9H20N2. The highest BCUT2D eigenvalue weighted by Gasteiger charge is 2.15. The van der Waals surface area contributed by atoms with Crippen LogP contribution in [0.25, 0.3) is 0 Å². The fourth-order valence-electron chi connectivity index (χ4n) is 1.95. The Morgan fingerprint density at radius 3 is 2.36 bits per heavy atom. The first-order chi connectivity index (χ1) is 5.33. The zero-order chi connectivity index (χ0) is 8.10. The Labute approximate surface area is 69.3 Å². The van der Waals surface area contributed by atoms with Crippen LogP contribution in [0.15, 0.2) is 0 Å². The molecule has 2 nitrogen and oxygen atoms in total. The van der Waals surface area contributed by atoms with Gasteiger partial charge in [0.25, 0.3) is 0 Å².